The van der Waals surface area contributed by atoms with Crippen LogP contribution in [-0.4, -0.2) is 39.7 Å². The van der Waals surface area contributed by atoms with Crippen molar-refractivity contribution in [2.45, 2.75) is 52.7 Å². The third kappa shape index (κ3) is 9.66. The van der Waals surface area contributed by atoms with Gasteiger partial charge in [-0.1, -0.05) is 25.6 Å². The Morgan fingerprint density at radius 2 is 1.80 bits per heavy atom. The fourth-order valence-corrected chi connectivity index (χ4v) is 1.99. The smallest absolute Gasteiger partial charge is 0.408 e. The molecule has 1 atom stereocenters. The minimum atomic E-state index is -1.07. The first kappa shape index (κ1) is 18.8. The average molecular weight is 305 g/mol. The third-order valence-corrected chi connectivity index (χ3v) is 2.98. The molecule has 0 saturated heterocycles. The molecule has 2 N–H and O–H groups in total. The summed E-state index contributed by atoms with van der Waals surface area (Å²) in [5, 5.41) is 10.7. The van der Waals surface area contributed by atoms with Crippen LogP contribution in [-0.2, 0) is 14.3 Å². The van der Waals surface area contributed by atoms with E-state index in [9.17, 15) is 14.4 Å². The van der Waals surface area contributed by atoms with Gasteiger partial charge < -0.3 is 15.2 Å². The first-order valence-electron chi connectivity index (χ1n) is 6.39. The summed E-state index contributed by atoms with van der Waals surface area (Å²) in [5.74, 6) is -1.20. The van der Waals surface area contributed by atoms with Crippen LogP contribution in [0.15, 0.2) is 0 Å². The molecule has 0 aromatic heterocycles. The van der Waals surface area contributed by atoms with Crippen LogP contribution in [0.2, 0.25) is 0 Å². The molecule has 0 spiro atoms. The molecular formula is C13H23NO5S. The van der Waals surface area contributed by atoms with E-state index in [4.69, 9.17) is 9.84 Å². The Hall–Kier alpha value is -1.24. The van der Waals surface area contributed by atoms with Crippen LogP contribution >= 0.6 is 11.8 Å². The minimum Gasteiger partial charge on any atom is -0.481 e. The van der Waals surface area contributed by atoms with Crippen molar-refractivity contribution < 1.29 is 24.2 Å². The van der Waals surface area contributed by atoms with Gasteiger partial charge in [-0.15, -0.1) is 0 Å². The summed E-state index contributed by atoms with van der Waals surface area (Å²) in [6.07, 6.45) is -0.238. The van der Waals surface area contributed by atoms with Crippen LogP contribution in [0.5, 0.6) is 0 Å². The van der Waals surface area contributed by atoms with Gasteiger partial charge in [0.2, 0.25) is 5.12 Å². The van der Waals surface area contributed by atoms with Gasteiger partial charge in [-0.3, -0.25) is 9.59 Å². The van der Waals surface area contributed by atoms with Crippen LogP contribution in [0, 0.1) is 5.92 Å². The maximum absolute atomic E-state index is 11.9. The molecule has 0 aromatic rings. The number of aliphatic carboxylic acids is 1. The lowest BCUT2D eigenvalue weighted by Gasteiger charge is -2.23. The molecule has 0 saturated carbocycles. The molecule has 116 valence electrons. The van der Waals surface area contributed by atoms with Crippen molar-refractivity contribution in [1.82, 2.24) is 5.32 Å². The van der Waals surface area contributed by atoms with E-state index in [1.54, 1.807) is 20.8 Å². The van der Waals surface area contributed by atoms with Crippen molar-refractivity contribution in [3.05, 3.63) is 0 Å². The standard InChI is InChI=1S/C13H23NO5S/c1-8(2)6-9(11(17)20-7-10(15)16)14-12(18)19-13(3,4)5/h8-9H,6-7H2,1-5H3,(H,14,18)(H,15,16)/t9-/m0/s1. The first-order valence-corrected chi connectivity index (χ1v) is 7.37. The number of carboxylic acids is 1. The topological polar surface area (TPSA) is 92.7 Å². The van der Waals surface area contributed by atoms with Gasteiger partial charge in [-0.25, -0.2) is 4.79 Å². The summed E-state index contributed by atoms with van der Waals surface area (Å²) < 4.78 is 5.10. The fourth-order valence-electron chi connectivity index (χ4n) is 1.37. The minimum absolute atomic E-state index is 0.185. The highest BCUT2D eigenvalue weighted by atomic mass is 32.2. The van der Waals surface area contributed by atoms with Crippen molar-refractivity contribution in [1.29, 1.82) is 0 Å². The third-order valence-electron chi connectivity index (χ3n) is 2.02. The number of carboxylic acid groups (broad SMARTS) is 1. The number of hydrogen-bond donors (Lipinski definition) is 2. The van der Waals surface area contributed by atoms with Gasteiger partial charge in [0.25, 0.3) is 0 Å². The number of nitrogens with one attached hydrogen (secondary N) is 1. The van der Waals surface area contributed by atoms with Gasteiger partial charge in [0.05, 0.1) is 5.75 Å². The molecule has 7 heteroatoms. The molecule has 0 rings (SSSR count). The summed E-state index contributed by atoms with van der Waals surface area (Å²) in [6, 6.07) is -0.741. The van der Waals surface area contributed by atoms with Crippen LogP contribution in [0.3, 0.4) is 0 Å². The largest absolute Gasteiger partial charge is 0.481 e. The predicted octanol–water partition coefficient (Wildman–Crippen LogP) is 2.27. The van der Waals surface area contributed by atoms with E-state index in [1.165, 1.54) is 0 Å². The normalized spacial score (nSPS) is 12.9. The molecule has 6 nitrogen and oxygen atoms in total. The second-order valence-corrected chi connectivity index (χ2v) is 6.81. The van der Waals surface area contributed by atoms with Crippen LogP contribution in [0.25, 0.3) is 0 Å². The van der Waals surface area contributed by atoms with Gasteiger partial charge in [0.15, 0.2) is 0 Å². The summed E-state index contributed by atoms with van der Waals surface area (Å²) in [5.41, 5.74) is -0.649. The Kier molecular flexibility index (Phi) is 7.63. The Labute approximate surface area is 123 Å². The average Bonchev–Trinajstić information content (AvgIpc) is 2.21. The molecular weight excluding hydrogens is 282 g/mol. The van der Waals surface area contributed by atoms with Crippen molar-refractivity contribution in [2.75, 3.05) is 5.75 Å². The lowest BCUT2D eigenvalue weighted by Crippen LogP contribution is -2.43. The molecule has 0 radical (unpaired) electrons. The Morgan fingerprint density at radius 1 is 1.25 bits per heavy atom. The number of hydrogen-bond acceptors (Lipinski definition) is 5. The van der Waals surface area contributed by atoms with Gasteiger partial charge in [-0.2, -0.15) is 0 Å². The molecule has 0 unspecified atom stereocenters. The number of carbonyl (C=O) groups excluding carboxylic acids is 2. The number of rotatable bonds is 6. The van der Waals surface area contributed by atoms with Gasteiger partial charge >= 0.3 is 12.1 Å². The Balaban J connectivity index is 4.59. The molecule has 0 fully saturated rings. The summed E-state index contributed by atoms with van der Waals surface area (Å²) in [7, 11) is 0. The lowest BCUT2D eigenvalue weighted by molar-refractivity contribution is -0.134. The van der Waals surface area contributed by atoms with E-state index in [-0.39, 0.29) is 16.8 Å². The second-order valence-electron chi connectivity index (χ2n) is 5.83. The number of ether oxygens (including phenoxy) is 1. The predicted molar refractivity (Wildman–Crippen MR) is 77.7 cm³/mol. The van der Waals surface area contributed by atoms with E-state index in [0.29, 0.717) is 18.2 Å². The molecule has 0 aliphatic rings. The second kappa shape index (κ2) is 8.14. The number of thioether (sulfide) groups is 1. The van der Waals surface area contributed by atoms with E-state index >= 15 is 0 Å². The van der Waals surface area contributed by atoms with E-state index in [0.717, 1.165) is 0 Å². The number of carbonyl (C=O) groups is 3. The molecule has 1 amide bonds. The SMILES string of the molecule is CC(C)C[C@H](NC(=O)OC(C)(C)C)C(=O)SCC(=O)O. The molecule has 0 bridgehead atoms. The van der Waals surface area contributed by atoms with Gasteiger partial charge in [0.1, 0.15) is 11.6 Å². The van der Waals surface area contributed by atoms with Crippen molar-refractivity contribution in [2.24, 2.45) is 5.92 Å². The molecule has 0 heterocycles. The molecule has 20 heavy (non-hydrogen) atoms. The Bertz CT molecular complexity index is 362. The number of alkyl carbamates (subject to hydrolysis) is 1. The van der Waals surface area contributed by atoms with Crippen LogP contribution in [0.1, 0.15) is 41.0 Å². The molecule has 0 aliphatic carbocycles. The van der Waals surface area contributed by atoms with Gasteiger partial charge in [0, 0.05) is 0 Å². The fraction of sp³-hybridized carbons (Fsp3) is 0.769. The number of amides is 1. The summed E-state index contributed by atoms with van der Waals surface area (Å²) >= 11 is 0.686. The van der Waals surface area contributed by atoms with Crippen LogP contribution < -0.4 is 5.32 Å². The lowest BCUT2D eigenvalue weighted by atomic mass is 10.1. The van der Waals surface area contributed by atoms with Gasteiger partial charge in [-0.05, 0) is 33.1 Å². The van der Waals surface area contributed by atoms with E-state index in [2.05, 4.69) is 5.32 Å². The maximum atomic E-state index is 11.9. The van der Waals surface area contributed by atoms with Crippen molar-refractivity contribution in [3.8, 4) is 0 Å². The highest BCUT2D eigenvalue weighted by molar-refractivity contribution is 8.14. The highest BCUT2D eigenvalue weighted by Crippen LogP contribution is 2.14. The quantitative estimate of drug-likeness (QED) is 0.782. The van der Waals surface area contributed by atoms with Crippen molar-refractivity contribution in [3.63, 3.8) is 0 Å². The zero-order valence-electron chi connectivity index (χ0n) is 12.6. The zero-order valence-corrected chi connectivity index (χ0v) is 13.4. The first-order chi connectivity index (χ1) is 9.01. The highest BCUT2D eigenvalue weighted by Gasteiger charge is 2.25. The van der Waals surface area contributed by atoms with Crippen molar-refractivity contribution >= 4 is 28.9 Å². The monoisotopic (exact) mass is 305 g/mol. The summed E-state index contributed by atoms with van der Waals surface area (Å²) in [4.78, 5) is 34.1. The Morgan fingerprint density at radius 3 is 2.20 bits per heavy atom. The van der Waals surface area contributed by atoms with E-state index in [1.807, 2.05) is 13.8 Å². The summed E-state index contributed by atoms with van der Waals surface area (Å²) in [6.45, 7) is 9.01. The maximum Gasteiger partial charge on any atom is 0.408 e. The molecule has 0 aliphatic heterocycles. The zero-order chi connectivity index (χ0) is 15.9. The molecule has 0 aromatic carbocycles. The van der Waals surface area contributed by atoms with Crippen LogP contribution in [0.4, 0.5) is 4.79 Å². The van der Waals surface area contributed by atoms with E-state index < -0.39 is 23.7 Å².